The quantitative estimate of drug-likeness (QED) is 0.688. The van der Waals surface area contributed by atoms with Crippen LogP contribution < -0.4 is 0 Å². The molecule has 0 aromatic carbocycles. The van der Waals surface area contributed by atoms with Gasteiger partial charge in [0, 0.05) is 37.9 Å². The lowest BCUT2D eigenvalue weighted by atomic mass is 10.3. The molecule has 0 amide bonds. The van der Waals surface area contributed by atoms with Crippen molar-refractivity contribution in [2.45, 2.75) is 39.5 Å². The van der Waals surface area contributed by atoms with Crippen LogP contribution >= 0.6 is 0 Å². The van der Waals surface area contributed by atoms with Crippen molar-refractivity contribution < 1.29 is 0 Å². The van der Waals surface area contributed by atoms with Crippen molar-refractivity contribution in [2.75, 3.05) is 26.4 Å². The Bertz CT molecular complexity index is 270. The topological polar surface area (TPSA) is 13.0 Å². The number of rotatable bonds is 7. The third-order valence-electron chi connectivity index (χ3n) is 3.48. The predicted molar refractivity (Wildman–Crippen MR) is 74.9 cm³/mol. The molecule has 4 nitrogen and oxygen atoms in total. The minimum absolute atomic E-state index is 0.992. The summed E-state index contributed by atoms with van der Waals surface area (Å²) < 4.78 is 0. The number of nitrogens with zero attached hydrogens (tertiary/aromatic N) is 4. The molecule has 0 unspecified atom stereocenters. The number of hydrogen-bond donors (Lipinski definition) is 0. The zero-order chi connectivity index (χ0) is 12.8. The lowest BCUT2D eigenvalue weighted by Gasteiger charge is -2.30. The van der Waals surface area contributed by atoms with Crippen molar-refractivity contribution in [3.63, 3.8) is 0 Å². The van der Waals surface area contributed by atoms with Crippen LogP contribution in [0.5, 0.6) is 0 Å². The first-order chi connectivity index (χ1) is 8.83. The summed E-state index contributed by atoms with van der Waals surface area (Å²) >= 11 is 0. The Hall–Kier alpha value is -1.32. The largest absolute Gasteiger partial charge is 0.357 e. The molecule has 2 aliphatic heterocycles. The van der Waals surface area contributed by atoms with E-state index in [1.807, 2.05) is 0 Å². The molecule has 2 aliphatic rings. The van der Waals surface area contributed by atoms with Gasteiger partial charge in [-0.1, -0.05) is 26.7 Å². The summed E-state index contributed by atoms with van der Waals surface area (Å²) in [4.78, 5) is 4.76. The van der Waals surface area contributed by atoms with E-state index in [4.69, 9.17) is 0 Å². The van der Waals surface area contributed by atoms with E-state index >= 15 is 0 Å². The lowest BCUT2D eigenvalue weighted by Crippen LogP contribution is -2.39. The summed E-state index contributed by atoms with van der Waals surface area (Å²) in [5.74, 6) is 0. The molecule has 2 heterocycles. The van der Waals surface area contributed by atoms with Crippen molar-refractivity contribution in [3.8, 4) is 0 Å². The molecule has 0 saturated carbocycles. The Morgan fingerprint density at radius 2 is 1.17 bits per heavy atom. The predicted octanol–water partition coefficient (Wildman–Crippen LogP) is 2.59. The van der Waals surface area contributed by atoms with E-state index in [1.165, 1.54) is 38.8 Å². The van der Waals surface area contributed by atoms with Gasteiger partial charge in [-0.25, -0.2) is 0 Å². The molecular formula is C14H26N4. The van der Waals surface area contributed by atoms with Gasteiger partial charge >= 0.3 is 0 Å². The monoisotopic (exact) mass is 250 g/mol. The van der Waals surface area contributed by atoms with Crippen LogP contribution in [0.1, 0.15) is 39.5 Å². The fourth-order valence-corrected chi connectivity index (χ4v) is 2.25. The summed E-state index contributed by atoms with van der Waals surface area (Å²) in [6, 6.07) is 0. The van der Waals surface area contributed by atoms with Crippen molar-refractivity contribution in [2.24, 2.45) is 0 Å². The maximum Gasteiger partial charge on any atom is 0.109 e. The lowest BCUT2D eigenvalue weighted by molar-refractivity contribution is 0.0352. The Labute approximate surface area is 111 Å². The van der Waals surface area contributed by atoms with Gasteiger partial charge in [-0.15, -0.1) is 0 Å². The molecule has 0 atom stereocenters. The first-order valence-electron chi connectivity index (χ1n) is 7.21. The molecule has 18 heavy (non-hydrogen) atoms. The molecule has 0 bridgehead atoms. The summed E-state index contributed by atoms with van der Waals surface area (Å²) in [6.45, 7) is 8.80. The fourth-order valence-electron chi connectivity index (χ4n) is 2.25. The van der Waals surface area contributed by atoms with Crippen molar-refractivity contribution >= 4 is 0 Å². The minimum atomic E-state index is 0.992. The molecule has 0 N–H and O–H groups in total. The van der Waals surface area contributed by atoms with Gasteiger partial charge in [-0.2, -0.15) is 0 Å². The molecule has 0 aromatic rings. The molecule has 0 aliphatic carbocycles. The first kappa shape index (κ1) is 13.1. The second-order valence-electron chi connectivity index (χ2n) is 5.09. The van der Waals surface area contributed by atoms with Gasteiger partial charge < -0.3 is 9.80 Å². The van der Waals surface area contributed by atoms with Crippen LogP contribution in [0.25, 0.3) is 0 Å². The normalized spacial score (nSPS) is 18.6. The van der Waals surface area contributed by atoms with Gasteiger partial charge in [0.05, 0.1) is 0 Å². The second kappa shape index (κ2) is 6.57. The Kier molecular flexibility index (Phi) is 4.79. The maximum absolute atomic E-state index is 2.38. The van der Waals surface area contributed by atoms with Crippen LogP contribution in [-0.4, -0.2) is 46.2 Å². The molecular weight excluding hydrogens is 224 g/mol. The summed E-state index contributed by atoms with van der Waals surface area (Å²) in [7, 11) is 0. The van der Waals surface area contributed by atoms with Crippen molar-refractivity contribution in [1.29, 1.82) is 0 Å². The molecule has 0 spiro atoms. The molecule has 2 rings (SSSR count). The molecule has 102 valence electrons. The van der Waals surface area contributed by atoms with E-state index in [2.05, 4.69) is 58.5 Å². The van der Waals surface area contributed by atoms with Crippen LogP contribution in [0.3, 0.4) is 0 Å². The summed E-state index contributed by atoms with van der Waals surface area (Å²) in [5.41, 5.74) is 0. The SMILES string of the molecule is CCCCN1C=CN(N2C=CN(CCCC)C2)C1. The third-order valence-corrected chi connectivity index (χ3v) is 3.48. The molecule has 0 fully saturated rings. The molecule has 0 aromatic heterocycles. The molecule has 0 radical (unpaired) electrons. The number of hydrazine groups is 1. The first-order valence-corrected chi connectivity index (χ1v) is 7.21. The standard InChI is InChI=1S/C14H26N4/c1-3-5-7-15-9-11-17(13-15)18-12-10-16(14-18)8-6-4-2/h9-12H,3-8,13-14H2,1-2H3. The third kappa shape index (κ3) is 3.34. The van der Waals surface area contributed by atoms with Crippen LogP contribution in [0, 0.1) is 0 Å². The molecule has 0 saturated heterocycles. The Morgan fingerprint density at radius 1 is 0.722 bits per heavy atom. The number of unbranched alkanes of at least 4 members (excludes halogenated alkanes) is 2. The highest BCUT2D eigenvalue weighted by Crippen LogP contribution is 2.16. The van der Waals surface area contributed by atoms with E-state index in [-0.39, 0.29) is 0 Å². The average molecular weight is 250 g/mol. The van der Waals surface area contributed by atoms with E-state index in [1.54, 1.807) is 0 Å². The van der Waals surface area contributed by atoms with E-state index in [0.29, 0.717) is 0 Å². The van der Waals surface area contributed by atoms with Gasteiger partial charge in [-0.3, -0.25) is 10.0 Å². The Morgan fingerprint density at radius 3 is 1.56 bits per heavy atom. The van der Waals surface area contributed by atoms with Gasteiger partial charge in [0.1, 0.15) is 13.3 Å². The summed E-state index contributed by atoms with van der Waals surface area (Å²) in [5, 5.41) is 4.58. The highest BCUT2D eigenvalue weighted by Gasteiger charge is 2.20. The maximum atomic E-state index is 2.38. The smallest absolute Gasteiger partial charge is 0.109 e. The van der Waals surface area contributed by atoms with Gasteiger partial charge in [0.2, 0.25) is 0 Å². The zero-order valence-corrected chi connectivity index (χ0v) is 11.8. The van der Waals surface area contributed by atoms with E-state index in [9.17, 15) is 0 Å². The number of hydrogen-bond acceptors (Lipinski definition) is 4. The van der Waals surface area contributed by atoms with Crippen LogP contribution in [0.2, 0.25) is 0 Å². The summed E-state index contributed by atoms with van der Waals surface area (Å²) in [6.07, 6.45) is 13.9. The Balaban J connectivity index is 1.72. The highest BCUT2D eigenvalue weighted by molar-refractivity contribution is 4.96. The average Bonchev–Trinajstić information content (AvgIpc) is 3.02. The van der Waals surface area contributed by atoms with Gasteiger partial charge in [-0.05, 0) is 12.8 Å². The van der Waals surface area contributed by atoms with Crippen molar-refractivity contribution in [3.05, 3.63) is 24.8 Å². The highest BCUT2D eigenvalue weighted by atomic mass is 15.7. The van der Waals surface area contributed by atoms with Crippen molar-refractivity contribution in [1.82, 2.24) is 19.8 Å². The van der Waals surface area contributed by atoms with Gasteiger partial charge in [0.15, 0.2) is 0 Å². The minimum Gasteiger partial charge on any atom is -0.357 e. The van der Waals surface area contributed by atoms with Gasteiger partial charge in [0.25, 0.3) is 0 Å². The zero-order valence-electron chi connectivity index (χ0n) is 11.8. The fraction of sp³-hybridized carbons (Fsp3) is 0.714. The second-order valence-corrected chi connectivity index (χ2v) is 5.09. The van der Waals surface area contributed by atoms with E-state index in [0.717, 1.165) is 13.3 Å². The molecule has 4 heteroatoms. The van der Waals surface area contributed by atoms with E-state index < -0.39 is 0 Å². The van der Waals surface area contributed by atoms with Crippen LogP contribution in [0.4, 0.5) is 0 Å². The van der Waals surface area contributed by atoms with Crippen LogP contribution in [-0.2, 0) is 0 Å². The van der Waals surface area contributed by atoms with Crippen LogP contribution in [0.15, 0.2) is 24.8 Å².